The van der Waals surface area contributed by atoms with E-state index in [1.807, 2.05) is 55.5 Å². The Morgan fingerprint density at radius 3 is 2.63 bits per heavy atom. The molecule has 0 spiro atoms. The third-order valence-electron chi connectivity index (χ3n) is 6.45. The van der Waals surface area contributed by atoms with Gasteiger partial charge in [0.1, 0.15) is 12.6 Å². The summed E-state index contributed by atoms with van der Waals surface area (Å²) in [4.78, 5) is 40.2. The van der Waals surface area contributed by atoms with Crippen molar-refractivity contribution < 1.29 is 14.4 Å². The predicted molar refractivity (Wildman–Crippen MR) is 141 cm³/mol. The van der Waals surface area contributed by atoms with E-state index in [0.717, 1.165) is 16.7 Å². The molecule has 1 aliphatic heterocycles. The molecule has 38 heavy (non-hydrogen) atoms. The summed E-state index contributed by atoms with van der Waals surface area (Å²) >= 11 is 0. The van der Waals surface area contributed by atoms with Gasteiger partial charge in [0.25, 0.3) is 0 Å². The van der Waals surface area contributed by atoms with E-state index in [2.05, 4.69) is 31.3 Å². The van der Waals surface area contributed by atoms with Crippen LogP contribution in [0.15, 0.2) is 72.8 Å². The Bertz CT molecular complexity index is 1470. The molecule has 0 fully saturated rings. The van der Waals surface area contributed by atoms with E-state index < -0.39 is 23.9 Å². The Morgan fingerprint density at radius 2 is 1.89 bits per heavy atom. The van der Waals surface area contributed by atoms with E-state index in [9.17, 15) is 14.4 Å². The number of aryl methyl sites for hydroxylation is 1. The number of nitrogens with two attached hydrogens (primary N) is 1. The third-order valence-corrected chi connectivity index (χ3v) is 6.45. The number of anilines is 2. The van der Waals surface area contributed by atoms with Crippen molar-refractivity contribution in [2.75, 3.05) is 16.8 Å². The molecule has 2 atom stereocenters. The molecule has 0 aliphatic carbocycles. The SMILES string of the molecule is Cc1ccc2c(c1)N(CC(N)=O)C(=O)C(NC(=O)Nc1cccc(-c3nnn[nH]3)c1)CC2c1ccccc1. The zero-order valence-electron chi connectivity index (χ0n) is 20.6. The summed E-state index contributed by atoms with van der Waals surface area (Å²) in [7, 11) is 0. The summed E-state index contributed by atoms with van der Waals surface area (Å²) in [5, 5.41) is 19.3. The average Bonchev–Trinajstić information content (AvgIpc) is 3.42. The molecular weight excluding hydrogens is 484 g/mol. The number of nitrogens with one attached hydrogen (secondary N) is 3. The van der Waals surface area contributed by atoms with E-state index in [0.29, 0.717) is 29.2 Å². The molecule has 0 bridgehead atoms. The summed E-state index contributed by atoms with van der Waals surface area (Å²) < 4.78 is 0. The summed E-state index contributed by atoms with van der Waals surface area (Å²) in [6.45, 7) is 1.62. The molecule has 11 heteroatoms. The topological polar surface area (TPSA) is 159 Å². The van der Waals surface area contributed by atoms with E-state index >= 15 is 0 Å². The third kappa shape index (κ3) is 5.21. The van der Waals surface area contributed by atoms with Crippen molar-refractivity contribution in [3.8, 4) is 11.4 Å². The van der Waals surface area contributed by atoms with Gasteiger partial charge in [-0.05, 0) is 58.7 Å². The van der Waals surface area contributed by atoms with Crippen molar-refractivity contribution >= 4 is 29.2 Å². The molecule has 1 aromatic heterocycles. The molecule has 2 unspecified atom stereocenters. The Balaban J connectivity index is 1.46. The molecule has 4 amide bonds. The zero-order chi connectivity index (χ0) is 26.6. The van der Waals surface area contributed by atoms with Crippen LogP contribution in [0.3, 0.4) is 0 Å². The fourth-order valence-electron chi connectivity index (χ4n) is 4.74. The second-order valence-corrected chi connectivity index (χ2v) is 9.13. The highest BCUT2D eigenvalue weighted by Gasteiger charge is 2.37. The highest BCUT2D eigenvalue weighted by atomic mass is 16.2. The minimum atomic E-state index is -0.922. The van der Waals surface area contributed by atoms with Crippen LogP contribution in [0.4, 0.5) is 16.2 Å². The van der Waals surface area contributed by atoms with Gasteiger partial charge in [0.05, 0.1) is 0 Å². The number of rotatable bonds is 6. The van der Waals surface area contributed by atoms with Gasteiger partial charge in [0, 0.05) is 22.9 Å². The highest BCUT2D eigenvalue weighted by molar-refractivity contribution is 6.05. The predicted octanol–water partition coefficient (Wildman–Crippen LogP) is 2.72. The Hall–Kier alpha value is -5.06. The summed E-state index contributed by atoms with van der Waals surface area (Å²) in [5.41, 5.74) is 10.1. The Morgan fingerprint density at radius 1 is 1.08 bits per heavy atom. The average molecular weight is 511 g/mol. The van der Waals surface area contributed by atoms with Gasteiger partial charge < -0.3 is 21.3 Å². The number of benzene rings is 3. The number of hydrogen-bond acceptors (Lipinski definition) is 6. The van der Waals surface area contributed by atoms with Gasteiger partial charge in [-0.3, -0.25) is 9.59 Å². The lowest BCUT2D eigenvalue weighted by atomic mass is 9.85. The lowest BCUT2D eigenvalue weighted by molar-refractivity contribution is -0.123. The maximum atomic E-state index is 13.8. The van der Waals surface area contributed by atoms with Crippen LogP contribution >= 0.6 is 0 Å². The molecule has 0 saturated carbocycles. The van der Waals surface area contributed by atoms with Gasteiger partial charge >= 0.3 is 6.03 Å². The van der Waals surface area contributed by atoms with Crippen LogP contribution in [0.5, 0.6) is 0 Å². The molecule has 2 heterocycles. The number of urea groups is 1. The van der Waals surface area contributed by atoms with Crippen molar-refractivity contribution in [2.45, 2.75) is 25.3 Å². The molecule has 5 rings (SSSR count). The molecule has 4 aromatic rings. The number of amides is 4. The second kappa shape index (κ2) is 10.5. The van der Waals surface area contributed by atoms with Crippen LogP contribution in [0.2, 0.25) is 0 Å². The van der Waals surface area contributed by atoms with Crippen LogP contribution in [0.25, 0.3) is 11.4 Å². The van der Waals surface area contributed by atoms with Crippen molar-refractivity contribution in [1.82, 2.24) is 25.9 Å². The summed E-state index contributed by atoms with van der Waals surface area (Å²) in [5.74, 6) is -0.813. The van der Waals surface area contributed by atoms with Gasteiger partial charge in [0.2, 0.25) is 11.8 Å². The number of H-pyrrole nitrogens is 1. The van der Waals surface area contributed by atoms with E-state index in [-0.39, 0.29) is 12.5 Å². The van der Waals surface area contributed by atoms with E-state index in [4.69, 9.17) is 5.73 Å². The summed E-state index contributed by atoms with van der Waals surface area (Å²) in [6.07, 6.45) is 0.297. The fraction of sp³-hybridized carbons (Fsp3) is 0.185. The number of aromatic amines is 1. The number of aromatic nitrogens is 4. The molecular formula is C27H26N8O3. The van der Waals surface area contributed by atoms with E-state index in [1.54, 1.807) is 24.3 Å². The van der Waals surface area contributed by atoms with Gasteiger partial charge in [-0.15, -0.1) is 5.10 Å². The number of fused-ring (bicyclic) bond motifs is 1. The maximum absolute atomic E-state index is 13.8. The normalized spacial score (nSPS) is 16.9. The minimum absolute atomic E-state index is 0.207. The number of nitrogens with zero attached hydrogens (tertiary/aromatic N) is 4. The van der Waals surface area contributed by atoms with Crippen LogP contribution < -0.4 is 21.3 Å². The van der Waals surface area contributed by atoms with Crippen molar-refractivity contribution in [2.24, 2.45) is 5.73 Å². The second-order valence-electron chi connectivity index (χ2n) is 9.13. The highest BCUT2D eigenvalue weighted by Crippen LogP contribution is 2.39. The van der Waals surface area contributed by atoms with Gasteiger partial charge in [0.15, 0.2) is 5.82 Å². The molecule has 11 nitrogen and oxygen atoms in total. The van der Waals surface area contributed by atoms with Gasteiger partial charge in [-0.25, -0.2) is 9.89 Å². The lowest BCUT2D eigenvalue weighted by Crippen LogP contribution is -2.51. The van der Waals surface area contributed by atoms with Gasteiger partial charge in [-0.2, -0.15) is 0 Å². The molecule has 0 radical (unpaired) electrons. The smallest absolute Gasteiger partial charge is 0.319 e. The number of carbonyl (C=O) groups is 3. The molecule has 5 N–H and O–H groups in total. The Labute approximate surface area is 218 Å². The largest absolute Gasteiger partial charge is 0.368 e. The molecule has 192 valence electrons. The van der Waals surface area contributed by atoms with Crippen LogP contribution in [-0.2, 0) is 9.59 Å². The van der Waals surface area contributed by atoms with Crippen LogP contribution in [-0.4, -0.2) is 51.1 Å². The minimum Gasteiger partial charge on any atom is -0.368 e. The quantitative estimate of drug-likeness (QED) is 0.312. The first-order valence-electron chi connectivity index (χ1n) is 12.1. The molecule has 1 aliphatic rings. The van der Waals surface area contributed by atoms with Crippen LogP contribution in [0, 0.1) is 6.92 Å². The Kier molecular flexibility index (Phi) is 6.81. The first-order valence-corrected chi connectivity index (χ1v) is 12.1. The van der Waals surface area contributed by atoms with Crippen molar-refractivity contribution in [3.05, 3.63) is 89.5 Å². The fourth-order valence-corrected chi connectivity index (χ4v) is 4.74. The van der Waals surface area contributed by atoms with E-state index in [1.165, 1.54) is 4.90 Å². The van der Waals surface area contributed by atoms with Crippen molar-refractivity contribution in [1.29, 1.82) is 0 Å². The lowest BCUT2D eigenvalue weighted by Gasteiger charge is -2.25. The van der Waals surface area contributed by atoms with Gasteiger partial charge in [-0.1, -0.05) is 54.6 Å². The first kappa shape index (κ1) is 24.6. The number of hydrogen-bond donors (Lipinski definition) is 4. The first-order chi connectivity index (χ1) is 18.4. The van der Waals surface area contributed by atoms with Crippen LogP contribution in [0.1, 0.15) is 29.0 Å². The monoisotopic (exact) mass is 510 g/mol. The van der Waals surface area contributed by atoms with Crippen molar-refractivity contribution in [3.63, 3.8) is 0 Å². The number of tetrazole rings is 1. The number of primary amides is 1. The summed E-state index contributed by atoms with van der Waals surface area (Å²) in [6, 6.07) is 21.1. The number of carbonyl (C=O) groups excluding carboxylic acids is 3. The standard InChI is InChI=1S/C27H26N8O3/c1-16-10-11-20-21(17-6-3-2-4-7-17)14-22(26(37)35(15-24(28)36)23(20)12-16)30-27(38)29-19-9-5-8-18(13-19)25-31-33-34-32-25/h2-13,21-22H,14-15H2,1H3,(H2,28,36)(H2,29,30,38)(H,31,32,33,34). The maximum Gasteiger partial charge on any atom is 0.319 e. The zero-order valence-corrected chi connectivity index (χ0v) is 20.6. The molecule has 0 saturated heterocycles. The molecule has 3 aromatic carbocycles.